The van der Waals surface area contributed by atoms with Gasteiger partial charge in [-0.25, -0.2) is 8.78 Å². The number of nitrogens with zero attached hydrogens (tertiary/aromatic N) is 1. The van der Waals surface area contributed by atoms with Crippen molar-refractivity contribution < 1.29 is 13.5 Å². The van der Waals surface area contributed by atoms with Gasteiger partial charge in [-0.2, -0.15) is 5.26 Å². The van der Waals surface area contributed by atoms with Crippen molar-refractivity contribution in [2.75, 3.05) is 19.0 Å². The summed E-state index contributed by atoms with van der Waals surface area (Å²) in [6, 6.07) is 9.25. The molecule has 0 aromatic heterocycles. The number of alkyl halides is 2. The summed E-state index contributed by atoms with van der Waals surface area (Å²) in [6.07, 6.45) is -2.42. The highest BCUT2D eigenvalue weighted by Gasteiger charge is 2.03. The summed E-state index contributed by atoms with van der Waals surface area (Å²) in [5.74, 6) is 0.561. The Balaban J connectivity index is 2.30. The molecule has 0 aliphatic rings. The lowest BCUT2D eigenvalue weighted by Crippen LogP contribution is -2.06. The zero-order chi connectivity index (χ0) is 11.8. The highest BCUT2D eigenvalue weighted by atomic mass is 32.2. The fraction of sp³-hybridized carbons (Fsp3) is 0.364. The van der Waals surface area contributed by atoms with E-state index in [9.17, 15) is 8.78 Å². The number of thioether (sulfide) groups is 1. The summed E-state index contributed by atoms with van der Waals surface area (Å²) in [5.41, 5.74) is 0.598. The molecule has 16 heavy (non-hydrogen) atoms. The zero-order valence-electron chi connectivity index (χ0n) is 8.53. The predicted molar refractivity (Wildman–Crippen MR) is 58.7 cm³/mol. The van der Waals surface area contributed by atoms with E-state index in [0.29, 0.717) is 11.3 Å². The summed E-state index contributed by atoms with van der Waals surface area (Å²) in [4.78, 5) is 0.852. The maximum atomic E-state index is 11.7. The number of ether oxygens (including phenoxy) is 1. The molecule has 1 aromatic carbocycles. The molecule has 5 heteroatoms. The van der Waals surface area contributed by atoms with Gasteiger partial charge in [0.15, 0.2) is 0 Å². The standard InChI is InChI=1S/C11H11F2NOS/c12-11(13)8-15-5-6-16-10-4-2-1-3-9(10)7-14/h1-4,11H,5-6,8H2. The highest BCUT2D eigenvalue weighted by Crippen LogP contribution is 2.21. The second-order valence-corrected chi connectivity index (χ2v) is 4.06. The van der Waals surface area contributed by atoms with Gasteiger partial charge in [0.25, 0.3) is 6.43 Å². The van der Waals surface area contributed by atoms with Crippen molar-refractivity contribution >= 4 is 11.8 Å². The Kier molecular flexibility index (Phi) is 5.83. The second kappa shape index (κ2) is 7.20. The Morgan fingerprint density at radius 1 is 1.38 bits per heavy atom. The maximum Gasteiger partial charge on any atom is 0.261 e. The van der Waals surface area contributed by atoms with Crippen molar-refractivity contribution in [2.45, 2.75) is 11.3 Å². The van der Waals surface area contributed by atoms with E-state index < -0.39 is 13.0 Å². The van der Waals surface area contributed by atoms with Crippen LogP contribution in [0.1, 0.15) is 5.56 Å². The van der Waals surface area contributed by atoms with Crippen LogP contribution >= 0.6 is 11.8 Å². The van der Waals surface area contributed by atoms with E-state index in [1.54, 1.807) is 12.1 Å². The van der Waals surface area contributed by atoms with E-state index in [1.807, 2.05) is 12.1 Å². The van der Waals surface area contributed by atoms with Crippen LogP contribution in [-0.4, -0.2) is 25.4 Å². The minimum Gasteiger partial charge on any atom is -0.375 e. The molecule has 0 aliphatic carbocycles. The van der Waals surface area contributed by atoms with Gasteiger partial charge in [0.1, 0.15) is 12.7 Å². The van der Waals surface area contributed by atoms with Crippen LogP contribution in [0.4, 0.5) is 8.78 Å². The fourth-order valence-electron chi connectivity index (χ4n) is 1.07. The van der Waals surface area contributed by atoms with Crippen molar-refractivity contribution in [3.8, 4) is 6.07 Å². The average Bonchev–Trinajstić information content (AvgIpc) is 2.29. The Morgan fingerprint density at radius 2 is 2.12 bits per heavy atom. The maximum absolute atomic E-state index is 11.7. The topological polar surface area (TPSA) is 33.0 Å². The van der Waals surface area contributed by atoms with Crippen LogP contribution in [0.15, 0.2) is 29.2 Å². The Hall–Kier alpha value is -1.12. The lowest BCUT2D eigenvalue weighted by atomic mass is 10.2. The molecule has 0 fully saturated rings. The molecule has 0 heterocycles. The Bertz CT molecular complexity index is 365. The molecule has 2 nitrogen and oxygen atoms in total. The zero-order valence-corrected chi connectivity index (χ0v) is 9.34. The van der Waals surface area contributed by atoms with Crippen molar-refractivity contribution in [3.63, 3.8) is 0 Å². The van der Waals surface area contributed by atoms with Crippen LogP contribution in [0.25, 0.3) is 0 Å². The molecule has 0 atom stereocenters. The van der Waals surface area contributed by atoms with Gasteiger partial charge >= 0.3 is 0 Å². The van der Waals surface area contributed by atoms with E-state index in [-0.39, 0.29) is 6.61 Å². The first-order valence-corrected chi connectivity index (χ1v) is 5.70. The number of halogens is 2. The van der Waals surface area contributed by atoms with Crippen LogP contribution in [0.2, 0.25) is 0 Å². The van der Waals surface area contributed by atoms with Crippen molar-refractivity contribution in [3.05, 3.63) is 29.8 Å². The van der Waals surface area contributed by atoms with Crippen LogP contribution in [0.5, 0.6) is 0 Å². The number of rotatable bonds is 6. The first-order valence-electron chi connectivity index (χ1n) is 4.72. The summed E-state index contributed by atoms with van der Waals surface area (Å²) in [7, 11) is 0. The first kappa shape index (κ1) is 12.9. The highest BCUT2D eigenvalue weighted by molar-refractivity contribution is 7.99. The van der Waals surface area contributed by atoms with Gasteiger partial charge in [0.05, 0.1) is 12.2 Å². The molecule has 0 bridgehead atoms. The lowest BCUT2D eigenvalue weighted by molar-refractivity contribution is 0.0237. The first-order chi connectivity index (χ1) is 7.74. The molecule has 1 aromatic rings. The largest absolute Gasteiger partial charge is 0.375 e. The van der Waals surface area contributed by atoms with Gasteiger partial charge < -0.3 is 4.74 Å². The molecule has 0 saturated heterocycles. The van der Waals surface area contributed by atoms with Crippen LogP contribution in [0, 0.1) is 11.3 Å². The molecule has 0 radical (unpaired) electrons. The average molecular weight is 243 g/mol. The van der Waals surface area contributed by atoms with Gasteiger partial charge in [-0.1, -0.05) is 12.1 Å². The molecule has 0 saturated carbocycles. The SMILES string of the molecule is N#Cc1ccccc1SCCOCC(F)F. The molecule has 86 valence electrons. The van der Waals surface area contributed by atoms with Crippen LogP contribution in [0.3, 0.4) is 0 Å². The van der Waals surface area contributed by atoms with E-state index in [1.165, 1.54) is 11.8 Å². The summed E-state index contributed by atoms with van der Waals surface area (Å²) < 4.78 is 28.2. The molecular formula is C11H11F2NOS. The van der Waals surface area contributed by atoms with Crippen LogP contribution < -0.4 is 0 Å². The molecule has 0 unspecified atom stereocenters. The van der Waals surface area contributed by atoms with E-state index >= 15 is 0 Å². The molecule has 0 aliphatic heterocycles. The van der Waals surface area contributed by atoms with Gasteiger partial charge in [0, 0.05) is 10.6 Å². The minimum atomic E-state index is -2.42. The minimum absolute atomic E-state index is 0.259. The molecule has 0 amide bonds. The summed E-state index contributed by atoms with van der Waals surface area (Å²) >= 11 is 1.43. The molecule has 0 N–H and O–H groups in total. The van der Waals surface area contributed by atoms with Crippen molar-refractivity contribution in [1.82, 2.24) is 0 Å². The third-order valence-electron chi connectivity index (χ3n) is 1.74. The monoisotopic (exact) mass is 243 g/mol. The number of benzene rings is 1. The Morgan fingerprint density at radius 3 is 2.81 bits per heavy atom. The van der Waals surface area contributed by atoms with Gasteiger partial charge in [-0.15, -0.1) is 11.8 Å². The van der Waals surface area contributed by atoms with Gasteiger partial charge in [0.2, 0.25) is 0 Å². The molecular weight excluding hydrogens is 232 g/mol. The molecule has 1 rings (SSSR count). The summed E-state index contributed by atoms with van der Waals surface area (Å²) in [6.45, 7) is -0.269. The van der Waals surface area contributed by atoms with E-state index in [4.69, 9.17) is 10.00 Å². The van der Waals surface area contributed by atoms with Gasteiger partial charge in [-0.3, -0.25) is 0 Å². The Labute approximate surface area is 97.2 Å². The van der Waals surface area contributed by atoms with Crippen LogP contribution in [-0.2, 0) is 4.74 Å². The van der Waals surface area contributed by atoms with Crippen molar-refractivity contribution in [1.29, 1.82) is 5.26 Å². The lowest BCUT2D eigenvalue weighted by Gasteiger charge is -2.04. The normalized spacial score (nSPS) is 10.4. The van der Waals surface area contributed by atoms with E-state index in [2.05, 4.69) is 6.07 Å². The van der Waals surface area contributed by atoms with Gasteiger partial charge in [-0.05, 0) is 12.1 Å². The summed E-state index contributed by atoms with van der Waals surface area (Å²) in [5, 5.41) is 8.80. The van der Waals surface area contributed by atoms with E-state index in [0.717, 1.165) is 4.90 Å². The third kappa shape index (κ3) is 4.60. The quantitative estimate of drug-likeness (QED) is 0.569. The number of hydrogen-bond acceptors (Lipinski definition) is 3. The number of hydrogen-bond donors (Lipinski definition) is 0. The number of nitriles is 1. The molecule has 0 spiro atoms. The van der Waals surface area contributed by atoms with Crippen molar-refractivity contribution in [2.24, 2.45) is 0 Å². The smallest absolute Gasteiger partial charge is 0.261 e. The fourth-order valence-corrected chi connectivity index (χ4v) is 1.93. The third-order valence-corrected chi connectivity index (χ3v) is 2.77. The second-order valence-electron chi connectivity index (χ2n) is 2.92. The predicted octanol–water partition coefficient (Wildman–Crippen LogP) is 2.93.